The van der Waals surface area contributed by atoms with Gasteiger partial charge in [-0.25, -0.2) is 14.3 Å². The fraction of sp³-hybridized carbons (Fsp3) is 0.390. The van der Waals surface area contributed by atoms with Crippen LogP contribution in [0.3, 0.4) is 0 Å². The summed E-state index contributed by atoms with van der Waals surface area (Å²) in [6.45, 7) is 8.69. The lowest BCUT2D eigenvalue weighted by molar-refractivity contribution is -0.105. The van der Waals surface area contributed by atoms with Gasteiger partial charge in [0.2, 0.25) is 12.4 Å². The van der Waals surface area contributed by atoms with Gasteiger partial charge < -0.3 is 28.0 Å². The van der Waals surface area contributed by atoms with Gasteiger partial charge >= 0.3 is 0 Å². The molecule has 3 heterocycles. The van der Waals surface area contributed by atoms with Crippen molar-refractivity contribution >= 4 is 31.9 Å². The van der Waals surface area contributed by atoms with E-state index in [4.69, 9.17) is 28.0 Å². The number of hydrogen-bond donors (Lipinski definition) is 1. The van der Waals surface area contributed by atoms with Crippen molar-refractivity contribution in [1.29, 1.82) is 5.26 Å². The van der Waals surface area contributed by atoms with Gasteiger partial charge in [0.1, 0.15) is 23.2 Å². The van der Waals surface area contributed by atoms with Crippen molar-refractivity contribution < 1.29 is 32.8 Å². The van der Waals surface area contributed by atoms with Crippen LogP contribution >= 0.6 is 8.53 Å². The first-order valence-corrected chi connectivity index (χ1v) is 19.6. The predicted octanol–water partition coefficient (Wildman–Crippen LogP) is 7.37. The standard InChI is InChI=1S/C41H48N7O7P/c1-28(2)48(29(3)4)56(53-22-10-21-42)55-36-23-38(47-39-30(25-45-47)24-43-40(46-39)44-27-49)54-37(36)26-52-41(31-11-8-7-9-12-31,32-13-17-34(50-5)18-14-32)33-15-19-35(51-6)20-16-33/h7-9,11-20,24-25,27-29,36-38H,10,22-23,26H2,1-6H3,(H,43,44,46,49)/t36-,37+,38+,56?/m0/s1. The molecule has 1 fully saturated rings. The predicted molar refractivity (Wildman–Crippen MR) is 212 cm³/mol. The molecule has 1 N–H and O–H groups in total. The Morgan fingerprint density at radius 2 is 1.59 bits per heavy atom. The molecule has 1 aliphatic rings. The molecule has 1 aliphatic heterocycles. The van der Waals surface area contributed by atoms with Crippen LogP contribution in [0.5, 0.6) is 11.5 Å². The van der Waals surface area contributed by atoms with Crippen molar-refractivity contribution in [2.24, 2.45) is 0 Å². The number of ether oxygens (including phenoxy) is 4. The van der Waals surface area contributed by atoms with Crippen LogP contribution in [0.1, 0.15) is 63.5 Å². The normalized spacial score (nSPS) is 17.7. The van der Waals surface area contributed by atoms with E-state index in [2.05, 4.69) is 58.8 Å². The lowest BCUT2D eigenvalue weighted by atomic mass is 9.80. The second-order valence-corrected chi connectivity index (χ2v) is 15.1. The second-order valence-electron chi connectivity index (χ2n) is 13.7. The maximum absolute atomic E-state index is 11.2. The van der Waals surface area contributed by atoms with Crippen molar-refractivity contribution in [3.05, 3.63) is 108 Å². The molecule has 1 amide bonds. The van der Waals surface area contributed by atoms with Gasteiger partial charge in [0.05, 0.1) is 57.6 Å². The van der Waals surface area contributed by atoms with Crippen molar-refractivity contribution in [3.8, 4) is 17.6 Å². The van der Waals surface area contributed by atoms with E-state index in [1.54, 1.807) is 31.3 Å². The molecule has 6 rings (SSSR count). The average Bonchev–Trinajstić information content (AvgIpc) is 3.82. The molecule has 3 aromatic carbocycles. The summed E-state index contributed by atoms with van der Waals surface area (Å²) in [5, 5.41) is 17.2. The highest BCUT2D eigenvalue weighted by Crippen LogP contribution is 2.51. The molecule has 0 saturated carbocycles. The Balaban J connectivity index is 1.43. The third-order valence-electron chi connectivity index (χ3n) is 9.50. The summed E-state index contributed by atoms with van der Waals surface area (Å²) < 4.78 is 42.5. The fourth-order valence-corrected chi connectivity index (χ4v) is 8.73. The maximum Gasteiger partial charge on any atom is 0.259 e. The number of anilines is 1. The highest BCUT2D eigenvalue weighted by molar-refractivity contribution is 7.44. The molecule has 14 nitrogen and oxygen atoms in total. The minimum absolute atomic E-state index is 0.0855. The molecule has 1 unspecified atom stereocenters. The third kappa shape index (κ3) is 8.84. The molecule has 0 radical (unpaired) electrons. The van der Waals surface area contributed by atoms with Crippen LogP contribution in [0.4, 0.5) is 5.95 Å². The average molecular weight is 782 g/mol. The molecule has 0 spiro atoms. The molecule has 4 atom stereocenters. The first-order valence-electron chi connectivity index (χ1n) is 18.5. The number of amides is 1. The number of nitrogens with zero attached hydrogens (tertiary/aromatic N) is 6. The molecule has 56 heavy (non-hydrogen) atoms. The fourth-order valence-electron chi connectivity index (χ4n) is 6.97. The molecule has 1 saturated heterocycles. The highest BCUT2D eigenvalue weighted by atomic mass is 31.2. The van der Waals surface area contributed by atoms with Gasteiger partial charge in [0, 0.05) is 24.7 Å². The van der Waals surface area contributed by atoms with Crippen molar-refractivity contribution in [2.75, 3.05) is 32.8 Å². The summed E-state index contributed by atoms with van der Waals surface area (Å²) in [7, 11) is 1.64. The lowest BCUT2D eigenvalue weighted by Gasteiger charge is -2.39. The number of nitriles is 1. The Bertz CT molecular complexity index is 2000. The highest BCUT2D eigenvalue weighted by Gasteiger charge is 2.45. The van der Waals surface area contributed by atoms with E-state index in [0.717, 1.165) is 16.7 Å². The molecular weight excluding hydrogens is 733 g/mol. The minimum atomic E-state index is -1.64. The number of carbonyl (C=O) groups is 1. The zero-order chi connectivity index (χ0) is 39.7. The third-order valence-corrected chi connectivity index (χ3v) is 11.7. The summed E-state index contributed by atoms with van der Waals surface area (Å²) in [5.41, 5.74) is 2.03. The monoisotopic (exact) mass is 781 g/mol. The Hall–Kier alpha value is -5.00. The van der Waals surface area contributed by atoms with Gasteiger partial charge in [-0.1, -0.05) is 54.6 Å². The summed E-state index contributed by atoms with van der Waals surface area (Å²) in [5.74, 6) is 1.57. The largest absolute Gasteiger partial charge is 0.497 e. The minimum Gasteiger partial charge on any atom is -0.497 e. The van der Waals surface area contributed by atoms with Crippen LogP contribution in [0.15, 0.2) is 91.3 Å². The van der Waals surface area contributed by atoms with Gasteiger partial charge in [-0.05, 0) is 68.7 Å². The summed E-state index contributed by atoms with van der Waals surface area (Å²) in [6.07, 6.45) is 2.60. The zero-order valence-corrected chi connectivity index (χ0v) is 33.3. The molecule has 15 heteroatoms. The number of hydrogen-bond acceptors (Lipinski definition) is 12. The molecule has 5 aromatic rings. The molecule has 2 aromatic heterocycles. The van der Waals surface area contributed by atoms with E-state index in [1.807, 2.05) is 78.9 Å². The quantitative estimate of drug-likeness (QED) is 0.0385. The summed E-state index contributed by atoms with van der Waals surface area (Å²) >= 11 is 0. The number of carbonyl (C=O) groups excluding carboxylic acids is 1. The van der Waals surface area contributed by atoms with Gasteiger partial charge in [-0.3, -0.25) is 10.1 Å². The molecular formula is C41H48N7O7P. The Kier molecular flexibility index (Phi) is 13.6. The molecule has 294 valence electrons. The Morgan fingerprint density at radius 3 is 2.16 bits per heavy atom. The van der Waals surface area contributed by atoms with Gasteiger partial charge in [0.15, 0.2) is 11.9 Å². The number of methoxy groups -OCH3 is 2. The number of benzene rings is 3. The van der Waals surface area contributed by atoms with E-state index < -0.39 is 32.6 Å². The SMILES string of the molecule is COc1ccc(C(OC[C@H]2O[C@@H](n3ncc4cnc(NC=O)nc43)C[C@@H]2OP(OCCC#N)N(C(C)C)C(C)C)(c2ccccc2)c2ccc(OC)cc2)cc1. The smallest absolute Gasteiger partial charge is 0.259 e. The summed E-state index contributed by atoms with van der Waals surface area (Å²) in [4.78, 5) is 20.0. The van der Waals surface area contributed by atoms with Crippen LogP contribution in [-0.4, -0.2) is 82.6 Å². The second kappa shape index (κ2) is 18.8. The van der Waals surface area contributed by atoms with Crippen LogP contribution in [0.25, 0.3) is 11.0 Å². The van der Waals surface area contributed by atoms with Crippen LogP contribution in [0, 0.1) is 11.3 Å². The van der Waals surface area contributed by atoms with Gasteiger partial charge in [0.25, 0.3) is 8.53 Å². The van der Waals surface area contributed by atoms with Crippen LogP contribution in [0.2, 0.25) is 0 Å². The van der Waals surface area contributed by atoms with Crippen LogP contribution in [-0.2, 0) is 28.9 Å². The topological polar surface area (TPSA) is 155 Å². The summed E-state index contributed by atoms with van der Waals surface area (Å²) in [6, 6.07) is 28.1. The van der Waals surface area contributed by atoms with E-state index in [9.17, 15) is 10.1 Å². The lowest BCUT2D eigenvalue weighted by Crippen LogP contribution is -2.39. The van der Waals surface area contributed by atoms with Gasteiger partial charge in [-0.2, -0.15) is 15.3 Å². The first kappa shape index (κ1) is 40.7. The van der Waals surface area contributed by atoms with E-state index in [1.165, 1.54) is 0 Å². The van der Waals surface area contributed by atoms with E-state index in [-0.39, 0.29) is 37.7 Å². The zero-order valence-electron chi connectivity index (χ0n) is 32.4. The van der Waals surface area contributed by atoms with E-state index >= 15 is 0 Å². The Morgan fingerprint density at radius 1 is 0.964 bits per heavy atom. The molecule has 0 aliphatic carbocycles. The number of aromatic nitrogens is 4. The van der Waals surface area contributed by atoms with Crippen LogP contribution < -0.4 is 14.8 Å². The number of nitrogens with one attached hydrogen (secondary N) is 1. The number of rotatable bonds is 19. The van der Waals surface area contributed by atoms with E-state index in [0.29, 0.717) is 35.4 Å². The maximum atomic E-state index is 11.2. The first-order chi connectivity index (χ1) is 27.2. The van der Waals surface area contributed by atoms with Crippen molar-refractivity contribution in [1.82, 2.24) is 24.4 Å². The molecule has 0 bridgehead atoms. The van der Waals surface area contributed by atoms with Crippen molar-refractivity contribution in [2.45, 2.75) is 76.7 Å². The Labute approximate surface area is 328 Å². The van der Waals surface area contributed by atoms with Crippen molar-refractivity contribution in [3.63, 3.8) is 0 Å². The number of fused-ring (bicyclic) bond motifs is 1. The van der Waals surface area contributed by atoms with Gasteiger partial charge in [-0.15, -0.1) is 0 Å².